The maximum Gasteiger partial charge on any atom is 0.126 e. The molecule has 2 aromatic carbocycles. The van der Waals surface area contributed by atoms with E-state index in [1.807, 2.05) is 36.4 Å². The van der Waals surface area contributed by atoms with Gasteiger partial charge in [-0.15, -0.1) is 0 Å². The summed E-state index contributed by atoms with van der Waals surface area (Å²) in [5, 5.41) is 12.3. The second kappa shape index (κ2) is 6.17. The van der Waals surface area contributed by atoms with Crippen molar-refractivity contribution < 1.29 is 4.39 Å². The molecule has 0 aromatic heterocycles. The van der Waals surface area contributed by atoms with E-state index in [4.69, 9.17) is 5.26 Å². The van der Waals surface area contributed by atoms with Crippen LogP contribution in [0.4, 0.5) is 15.8 Å². The Morgan fingerprint density at radius 2 is 1.91 bits per heavy atom. The Hall–Kier alpha value is -2.38. The highest BCUT2D eigenvalue weighted by Crippen LogP contribution is 2.31. The lowest BCUT2D eigenvalue weighted by Gasteiger charge is -2.31. The fraction of sp³-hybridized carbons (Fsp3) is 0.278. The molecule has 3 rings (SSSR count). The Kier molecular flexibility index (Phi) is 4.08. The smallest absolute Gasteiger partial charge is 0.126 e. The molecule has 112 valence electrons. The Bertz CT molecular complexity index is 697. The SMILES string of the molecule is Cc1cc(N(c2ccc(C#N)cc2)[C@H]2CCNC2)ccc1F. The van der Waals surface area contributed by atoms with Crippen LogP contribution in [0.1, 0.15) is 17.5 Å². The van der Waals surface area contributed by atoms with E-state index in [1.165, 1.54) is 6.07 Å². The minimum absolute atomic E-state index is 0.187. The minimum atomic E-state index is -0.187. The first-order valence-corrected chi connectivity index (χ1v) is 7.45. The van der Waals surface area contributed by atoms with E-state index in [-0.39, 0.29) is 5.82 Å². The summed E-state index contributed by atoms with van der Waals surface area (Å²) in [6, 6.07) is 15.2. The van der Waals surface area contributed by atoms with Crippen LogP contribution in [0.25, 0.3) is 0 Å². The highest BCUT2D eigenvalue weighted by molar-refractivity contribution is 5.66. The molecule has 0 saturated carbocycles. The molecule has 3 nitrogen and oxygen atoms in total. The third-order valence-corrected chi connectivity index (χ3v) is 4.09. The third kappa shape index (κ3) is 2.81. The van der Waals surface area contributed by atoms with Crippen molar-refractivity contribution in [1.82, 2.24) is 5.32 Å². The fourth-order valence-electron chi connectivity index (χ4n) is 2.91. The molecule has 0 amide bonds. The number of rotatable bonds is 3. The first-order chi connectivity index (χ1) is 10.7. The zero-order chi connectivity index (χ0) is 15.5. The van der Waals surface area contributed by atoms with Gasteiger partial charge < -0.3 is 10.2 Å². The Labute approximate surface area is 130 Å². The lowest BCUT2D eigenvalue weighted by atomic mass is 10.1. The Morgan fingerprint density at radius 3 is 2.50 bits per heavy atom. The van der Waals surface area contributed by atoms with Crippen molar-refractivity contribution >= 4 is 11.4 Å². The Balaban J connectivity index is 2.02. The second-order valence-corrected chi connectivity index (χ2v) is 5.61. The van der Waals surface area contributed by atoms with Crippen LogP contribution in [-0.4, -0.2) is 19.1 Å². The number of nitrogens with zero attached hydrogens (tertiary/aromatic N) is 2. The van der Waals surface area contributed by atoms with Crippen LogP contribution in [-0.2, 0) is 0 Å². The number of hydrogen-bond acceptors (Lipinski definition) is 3. The minimum Gasteiger partial charge on any atom is -0.337 e. The first kappa shape index (κ1) is 14.6. The lowest BCUT2D eigenvalue weighted by molar-refractivity contribution is 0.617. The zero-order valence-corrected chi connectivity index (χ0v) is 12.5. The van der Waals surface area contributed by atoms with Gasteiger partial charge in [0.15, 0.2) is 0 Å². The molecular formula is C18H18FN3. The highest BCUT2D eigenvalue weighted by Gasteiger charge is 2.24. The predicted octanol–water partition coefficient (Wildman–Crippen LogP) is 3.51. The number of nitriles is 1. The number of nitrogens with one attached hydrogen (secondary N) is 1. The highest BCUT2D eigenvalue weighted by atomic mass is 19.1. The molecule has 1 aliphatic heterocycles. The predicted molar refractivity (Wildman–Crippen MR) is 85.7 cm³/mol. The molecule has 0 spiro atoms. The third-order valence-electron chi connectivity index (χ3n) is 4.09. The van der Waals surface area contributed by atoms with Gasteiger partial charge in [-0.25, -0.2) is 4.39 Å². The van der Waals surface area contributed by atoms with Crippen molar-refractivity contribution in [3.05, 3.63) is 59.4 Å². The monoisotopic (exact) mass is 295 g/mol. The summed E-state index contributed by atoms with van der Waals surface area (Å²) in [7, 11) is 0. The first-order valence-electron chi connectivity index (χ1n) is 7.45. The summed E-state index contributed by atoms with van der Waals surface area (Å²) >= 11 is 0. The molecule has 0 bridgehead atoms. The molecule has 2 aromatic rings. The summed E-state index contributed by atoms with van der Waals surface area (Å²) in [4.78, 5) is 2.23. The van der Waals surface area contributed by atoms with Gasteiger partial charge in [0, 0.05) is 24.0 Å². The van der Waals surface area contributed by atoms with Crippen molar-refractivity contribution in [3.8, 4) is 6.07 Å². The van der Waals surface area contributed by atoms with Crippen molar-refractivity contribution in [2.75, 3.05) is 18.0 Å². The molecule has 1 aliphatic rings. The van der Waals surface area contributed by atoms with Crippen LogP contribution in [0.2, 0.25) is 0 Å². The maximum absolute atomic E-state index is 13.6. The Morgan fingerprint density at radius 1 is 1.18 bits per heavy atom. The number of halogens is 1. The van der Waals surface area contributed by atoms with E-state index in [2.05, 4.69) is 16.3 Å². The largest absolute Gasteiger partial charge is 0.337 e. The van der Waals surface area contributed by atoms with Gasteiger partial charge in [-0.2, -0.15) is 5.26 Å². The molecule has 22 heavy (non-hydrogen) atoms. The molecule has 1 atom stereocenters. The maximum atomic E-state index is 13.6. The van der Waals surface area contributed by atoms with Gasteiger partial charge in [-0.1, -0.05) is 0 Å². The summed E-state index contributed by atoms with van der Waals surface area (Å²) in [6.07, 6.45) is 1.04. The molecule has 0 aliphatic carbocycles. The van der Waals surface area contributed by atoms with E-state index in [1.54, 1.807) is 6.92 Å². The van der Waals surface area contributed by atoms with Crippen molar-refractivity contribution in [2.45, 2.75) is 19.4 Å². The summed E-state index contributed by atoms with van der Waals surface area (Å²) in [6.45, 7) is 3.66. The summed E-state index contributed by atoms with van der Waals surface area (Å²) in [5.41, 5.74) is 3.29. The summed E-state index contributed by atoms with van der Waals surface area (Å²) < 4.78 is 13.6. The molecule has 1 N–H and O–H groups in total. The molecule has 1 heterocycles. The van der Waals surface area contributed by atoms with E-state index in [0.29, 0.717) is 17.2 Å². The van der Waals surface area contributed by atoms with E-state index in [9.17, 15) is 4.39 Å². The van der Waals surface area contributed by atoms with E-state index >= 15 is 0 Å². The van der Waals surface area contributed by atoms with Gasteiger partial charge in [0.25, 0.3) is 0 Å². The molecule has 1 saturated heterocycles. The number of hydrogen-bond donors (Lipinski definition) is 1. The molecular weight excluding hydrogens is 277 g/mol. The van der Waals surface area contributed by atoms with Gasteiger partial charge in [0.1, 0.15) is 5.82 Å². The standard InChI is InChI=1S/C18H18FN3/c1-13-10-16(6-7-18(13)19)22(17-8-9-21-12-17)15-4-2-14(11-20)3-5-15/h2-7,10,17,21H,8-9,12H2,1H3/t17-/m0/s1. The average Bonchev–Trinajstić information content (AvgIpc) is 3.06. The average molecular weight is 295 g/mol. The number of benzene rings is 2. The van der Waals surface area contributed by atoms with E-state index in [0.717, 1.165) is 30.9 Å². The van der Waals surface area contributed by atoms with Gasteiger partial charge in [0.2, 0.25) is 0 Å². The van der Waals surface area contributed by atoms with Gasteiger partial charge >= 0.3 is 0 Å². The molecule has 0 unspecified atom stereocenters. The van der Waals surface area contributed by atoms with Crippen LogP contribution in [0.15, 0.2) is 42.5 Å². The van der Waals surface area contributed by atoms with Crippen LogP contribution >= 0.6 is 0 Å². The number of anilines is 2. The molecule has 1 fully saturated rings. The van der Waals surface area contributed by atoms with E-state index < -0.39 is 0 Å². The van der Waals surface area contributed by atoms with Crippen LogP contribution < -0.4 is 10.2 Å². The van der Waals surface area contributed by atoms with Gasteiger partial charge in [-0.3, -0.25) is 0 Å². The quantitative estimate of drug-likeness (QED) is 0.942. The number of aryl methyl sites for hydroxylation is 1. The van der Waals surface area contributed by atoms with Gasteiger partial charge in [0.05, 0.1) is 11.6 Å². The van der Waals surface area contributed by atoms with Crippen LogP contribution in [0.3, 0.4) is 0 Å². The van der Waals surface area contributed by atoms with Crippen LogP contribution in [0.5, 0.6) is 0 Å². The van der Waals surface area contributed by atoms with Crippen molar-refractivity contribution in [1.29, 1.82) is 5.26 Å². The normalized spacial score (nSPS) is 17.2. The molecule has 4 heteroatoms. The van der Waals surface area contributed by atoms with Crippen LogP contribution in [0, 0.1) is 24.1 Å². The van der Waals surface area contributed by atoms with Crippen molar-refractivity contribution in [2.24, 2.45) is 0 Å². The second-order valence-electron chi connectivity index (χ2n) is 5.61. The zero-order valence-electron chi connectivity index (χ0n) is 12.5. The topological polar surface area (TPSA) is 39.1 Å². The van der Waals surface area contributed by atoms with Gasteiger partial charge in [-0.05, 0) is 67.9 Å². The molecule has 0 radical (unpaired) electrons. The fourth-order valence-corrected chi connectivity index (χ4v) is 2.91. The lowest BCUT2D eigenvalue weighted by Crippen LogP contribution is -2.33. The summed E-state index contributed by atoms with van der Waals surface area (Å²) in [5.74, 6) is -0.187. The van der Waals surface area contributed by atoms with Crippen molar-refractivity contribution in [3.63, 3.8) is 0 Å².